The van der Waals surface area contributed by atoms with Crippen molar-refractivity contribution in [1.29, 1.82) is 0 Å². The quantitative estimate of drug-likeness (QED) is 0.331. The Balaban J connectivity index is 1.34. The van der Waals surface area contributed by atoms with Crippen LogP contribution in [0.25, 0.3) is 11.1 Å². The highest BCUT2D eigenvalue weighted by atomic mass is 33.1. The van der Waals surface area contributed by atoms with Gasteiger partial charge in [-0.2, -0.15) is 0 Å². The second-order valence-corrected chi connectivity index (χ2v) is 10.8. The molecular weight excluding hydrogens is 443 g/mol. The molecule has 1 fully saturated rings. The van der Waals surface area contributed by atoms with Crippen LogP contribution < -0.4 is 10.6 Å². The Kier molecular flexibility index (Phi) is 9.93. The number of carbonyl (C=O) groups is 2. The van der Waals surface area contributed by atoms with Crippen LogP contribution in [-0.4, -0.2) is 35.9 Å². The van der Waals surface area contributed by atoms with Crippen molar-refractivity contribution in [2.24, 2.45) is 0 Å². The van der Waals surface area contributed by atoms with Crippen LogP contribution in [0.1, 0.15) is 50.5 Å². The number of halogens is 1. The summed E-state index contributed by atoms with van der Waals surface area (Å²) in [7, 11) is 3.92. The zero-order chi connectivity index (χ0) is 22.8. The molecule has 32 heavy (non-hydrogen) atoms. The van der Waals surface area contributed by atoms with Gasteiger partial charge in [-0.1, -0.05) is 70.5 Å². The van der Waals surface area contributed by atoms with Gasteiger partial charge >= 0.3 is 0 Å². The molecule has 3 rings (SSSR count). The maximum Gasteiger partial charge on any atom is 0.227 e. The molecule has 0 saturated carbocycles. The Morgan fingerprint density at radius 3 is 2.59 bits per heavy atom. The summed E-state index contributed by atoms with van der Waals surface area (Å²) in [5.74, 6) is 0.272. The lowest BCUT2D eigenvalue weighted by Crippen LogP contribution is -2.36. The Labute approximate surface area is 197 Å². The molecule has 0 unspecified atom stereocenters. The van der Waals surface area contributed by atoms with Crippen LogP contribution in [0.3, 0.4) is 0 Å². The van der Waals surface area contributed by atoms with Crippen molar-refractivity contribution in [3.63, 3.8) is 0 Å². The molecule has 0 radical (unpaired) electrons. The van der Waals surface area contributed by atoms with Gasteiger partial charge in [0.05, 0.1) is 5.92 Å². The summed E-state index contributed by atoms with van der Waals surface area (Å²) >= 11 is 0. The van der Waals surface area contributed by atoms with Crippen LogP contribution in [0, 0.1) is 5.82 Å². The van der Waals surface area contributed by atoms with Crippen LogP contribution in [-0.2, 0) is 9.59 Å². The van der Waals surface area contributed by atoms with Gasteiger partial charge in [0.2, 0.25) is 11.8 Å². The Morgan fingerprint density at radius 1 is 1.09 bits per heavy atom. The van der Waals surface area contributed by atoms with Crippen molar-refractivity contribution in [3.8, 4) is 11.1 Å². The number of rotatable bonds is 11. The van der Waals surface area contributed by atoms with Gasteiger partial charge in [0.15, 0.2) is 0 Å². The molecule has 1 aliphatic rings. The molecular formula is C25H31FN2O2S2. The smallest absolute Gasteiger partial charge is 0.227 e. The molecule has 0 aromatic heterocycles. The molecule has 0 bridgehead atoms. The number of nitrogens with one attached hydrogen (secondary N) is 2. The fourth-order valence-corrected chi connectivity index (χ4v) is 6.68. The van der Waals surface area contributed by atoms with E-state index in [2.05, 4.69) is 10.6 Å². The second kappa shape index (κ2) is 12.9. The summed E-state index contributed by atoms with van der Waals surface area (Å²) in [5.41, 5.74) is 1.95. The molecule has 1 saturated heterocycles. The molecule has 2 atom stereocenters. The Bertz CT molecular complexity index is 889. The normalized spacial score (nSPS) is 16.5. The minimum Gasteiger partial charge on any atom is -0.354 e. The van der Waals surface area contributed by atoms with Gasteiger partial charge in [-0.3, -0.25) is 9.59 Å². The van der Waals surface area contributed by atoms with Gasteiger partial charge in [0.1, 0.15) is 5.82 Å². The van der Waals surface area contributed by atoms with E-state index in [1.165, 1.54) is 24.7 Å². The summed E-state index contributed by atoms with van der Waals surface area (Å²) in [6, 6.07) is 14.3. The van der Waals surface area contributed by atoms with Crippen molar-refractivity contribution in [2.45, 2.75) is 50.2 Å². The molecule has 172 valence electrons. The fraction of sp³-hybridized carbons (Fsp3) is 0.440. The van der Waals surface area contributed by atoms with E-state index in [4.69, 9.17) is 0 Å². The lowest BCUT2D eigenvalue weighted by molar-refractivity contribution is -0.123. The molecule has 2 aromatic rings. The van der Waals surface area contributed by atoms with Gasteiger partial charge in [-0.05, 0) is 43.4 Å². The monoisotopic (exact) mass is 474 g/mol. The first-order chi connectivity index (χ1) is 15.5. The molecule has 2 N–H and O–H groups in total. The van der Waals surface area contributed by atoms with E-state index in [1.54, 1.807) is 19.1 Å². The lowest BCUT2D eigenvalue weighted by atomic mass is 9.96. The summed E-state index contributed by atoms with van der Waals surface area (Å²) in [6.45, 7) is 2.51. The van der Waals surface area contributed by atoms with Crippen LogP contribution in [0.15, 0.2) is 48.5 Å². The van der Waals surface area contributed by atoms with E-state index in [0.29, 0.717) is 30.6 Å². The van der Waals surface area contributed by atoms with Gasteiger partial charge in [0.25, 0.3) is 0 Å². The number of amides is 2. The maximum absolute atomic E-state index is 14.6. The topological polar surface area (TPSA) is 58.2 Å². The third-order valence-corrected chi connectivity index (χ3v) is 8.63. The minimum atomic E-state index is -0.475. The minimum absolute atomic E-state index is 0.0271. The summed E-state index contributed by atoms with van der Waals surface area (Å²) in [5, 5.41) is 6.44. The first-order valence-corrected chi connectivity index (χ1v) is 13.6. The van der Waals surface area contributed by atoms with Crippen LogP contribution in [0.4, 0.5) is 4.39 Å². The van der Waals surface area contributed by atoms with E-state index < -0.39 is 5.92 Å². The Hall–Kier alpha value is -1.99. The van der Waals surface area contributed by atoms with Crippen LogP contribution in [0.2, 0.25) is 0 Å². The molecule has 4 nitrogen and oxygen atoms in total. The average molecular weight is 475 g/mol. The van der Waals surface area contributed by atoms with Crippen LogP contribution in [0.5, 0.6) is 0 Å². The molecule has 1 heterocycles. The zero-order valence-corrected chi connectivity index (χ0v) is 20.1. The van der Waals surface area contributed by atoms with Crippen molar-refractivity contribution in [1.82, 2.24) is 10.6 Å². The van der Waals surface area contributed by atoms with Gasteiger partial charge < -0.3 is 10.6 Å². The SMILES string of the molecule is C[C@@H](C(=O)NCCNC(=O)CCCC[C@@H]1CCSS1)c1ccc(-c2ccccc2)c(F)c1. The highest BCUT2D eigenvalue weighted by molar-refractivity contribution is 8.77. The van der Waals surface area contributed by atoms with E-state index in [1.807, 2.05) is 51.9 Å². The number of hydrogen-bond acceptors (Lipinski definition) is 4. The molecule has 0 spiro atoms. The van der Waals surface area contributed by atoms with Crippen molar-refractivity contribution < 1.29 is 14.0 Å². The fourth-order valence-electron chi connectivity index (χ4n) is 3.66. The number of hydrogen-bond donors (Lipinski definition) is 2. The van der Waals surface area contributed by atoms with Crippen LogP contribution >= 0.6 is 21.6 Å². The predicted octanol–water partition coefficient (Wildman–Crippen LogP) is 5.54. The van der Waals surface area contributed by atoms with Gasteiger partial charge in [-0.15, -0.1) is 0 Å². The molecule has 7 heteroatoms. The standard InChI is InChI=1S/C25H31FN2O2S2/c1-18(20-11-12-22(23(26)17-20)19-7-3-2-4-8-19)25(30)28-15-14-27-24(29)10-6-5-9-21-13-16-31-32-21/h2-4,7-8,11-12,17-18,21H,5-6,9-10,13-16H2,1H3,(H,27,29)(H,28,30)/t18-,21-/m1/s1. The number of benzene rings is 2. The third kappa shape index (κ3) is 7.55. The van der Waals surface area contributed by atoms with Crippen molar-refractivity contribution in [3.05, 3.63) is 59.9 Å². The van der Waals surface area contributed by atoms with E-state index >= 15 is 0 Å². The summed E-state index contributed by atoms with van der Waals surface area (Å²) in [6.07, 6.45) is 4.98. The van der Waals surface area contributed by atoms with E-state index in [0.717, 1.165) is 23.7 Å². The maximum atomic E-state index is 14.6. The molecule has 2 aromatic carbocycles. The largest absolute Gasteiger partial charge is 0.354 e. The van der Waals surface area contributed by atoms with E-state index in [9.17, 15) is 14.0 Å². The predicted molar refractivity (Wildman–Crippen MR) is 133 cm³/mol. The molecule has 2 amide bonds. The summed E-state index contributed by atoms with van der Waals surface area (Å²) < 4.78 is 14.6. The second-order valence-electron chi connectivity index (χ2n) is 8.04. The first-order valence-electron chi connectivity index (χ1n) is 11.2. The highest BCUT2D eigenvalue weighted by Crippen LogP contribution is 2.39. The molecule has 1 aliphatic heterocycles. The number of unbranched alkanes of at least 4 members (excludes halogenated alkanes) is 1. The lowest BCUT2D eigenvalue weighted by Gasteiger charge is -2.14. The average Bonchev–Trinajstić information content (AvgIpc) is 3.33. The van der Waals surface area contributed by atoms with Gasteiger partial charge in [0, 0.05) is 36.1 Å². The Morgan fingerprint density at radius 2 is 1.88 bits per heavy atom. The zero-order valence-electron chi connectivity index (χ0n) is 18.4. The highest BCUT2D eigenvalue weighted by Gasteiger charge is 2.17. The van der Waals surface area contributed by atoms with Crippen molar-refractivity contribution >= 4 is 33.4 Å². The van der Waals surface area contributed by atoms with E-state index in [-0.39, 0.29) is 17.6 Å². The van der Waals surface area contributed by atoms with Gasteiger partial charge in [-0.25, -0.2) is 4.39 Å². The van der Waals surface area contributed by atoms with Crippen molar-refractivity contribution in [2.75, 3.05) is 18.8 Å². The number of carbonyl (C=O) groups excluding carboxylic acids is 2. The first kappa shape index (κ1) is 24.6. The summed E-state index contributed by atoms with van der Waals surface area (Å²) in [4.78, 5) is 24.4. The third-order valence-electron chi connectivity index (χ3n) is 5.62. The molecule has 0 aliphatic carbocycles.